The second kappa shape index (κ2) is 5.37. The number of ether oxygens (including phenoxy) is 2. The second-order valence-corrected chi connectivity index (χ2v) is 7.29. The van der Waals surface area contributed by atoms with E-state index in [0.29, 0.717) is 36.6 Å². The predicted octanol–water partition coefficient (Wildman–Crippen LogP) is 3.13. The standard InChI is InChI=1S/C16H19ClN2O4/c1-15(2,3)23-14(21)19-6-4-16(5-7-19)11-8-12(17)18-9-10(11)13(20)22-16/h8-9H,4-7H2,1-3H3. The first-order valence-electron chi connectivity index (χ1n) is 7.57. The molecule has 0 atom stereocenters. The quantitative estimate of drug-likeness (QED) is 0.537. The monoisotopic (exact) mass is 338 g/mol. The molecule has 0 unspecified atom stereocenters. The fourth-order valence-electron chi connectivity index (χ4n) is 3.01. The van der Waals surface area contributed by atoms with Gasteiger partial charge in [0.2, 0.25) is 0 Å². The average Bonchev–Trinajstić information content (AvgIpc) is 2.70. The molecule has 3 heterocycles. The van der Waals surface area contributed by atoms with E-state index in [0.717, 1.165) is 5.56 Å². The molecular weight excluding hydrogens is 320 g/mol. The van der Waals surface area contributed by atoms with Crippen molar-refractivity contribution < 1.29 is 19.1 Å². The number of carbonyl (C=O) groups is 2. The van der Waals surface area contributed by atoms with Gasteiger partial charge in [-0.2, -0.15) is 0 Å². The summed E-state index contributed by atoms with van der Waals surface area (Å²) in [6.45, 7) is 6.42. The van der Waals surface area contributed by atoms with Crippen molar-refractivity contribution in [3.05, 3.63) is 28.5 Å². The van der Waals surface area contributed by atoms with E-state index < -0.39 is 11.2 Å². The number of fused-ring (bicyclic) bond motifs is 2. The molecule has 1 spiro atoms. The lowest BCUT2D eigenvalue weighted by atomic mass is 9.84. The van der Waals surface area contributed by atoms with Crippen LogP contribution >= 0.6 is 11.6 Å². The predicted molar refractivity (Wildman–Crippen MR) is 83.4 cm³/mol. The first kappa shape index (κ1) is 16.1. The third kappa shape index (κ3) is 3.00. The number of nitrogens with zero attached hydrogens (tertiary/aromatic N) is 2. The van der Waals surface area contributed by atoms with Crippen molar-refractivity contribution in [2.75, 3.05) is 13.1 Å². The third-order valence-electron chi connectivity index (χ3n) is 4.09. The number of halogens is 1. The molecule has 23 heavy (non-hydrogen) atoms. The Kier molecular flexibility index (Phi) is 3.75. The van der Waals surface area contributed by atoms with Gasteiger partial charge in [-0.3, -0.25) is 0 Å². The number of hydrogen-bond donors (Lipinski definition) is 0. The maximum Gasteiger partial charge on any atom is 0.410 e. The van der Waals surface area contributed by atoms with Gasteiger partial charge in [-0.15, -0.1) is 0 Å². The number of pyridine rings is 1. The number of amides is 1. The van der Waals surface area contributed by atoms with E-state index in [-0.39, 0.29) is 12.1 Å². The molecule has 1 amide bonds. The van der Waals surface area contributed by atoms with Crippen LogP contribution in [0.15, 0.2) is 12.3 Å². The Morgan fingerprint density at radius 2 is 2.04 bits per heavy atom. The van der Waals surface area contributed by atoms with Crippen molar-refractivity contribution in [1.29, 1.82) is 0 Å². The van der Waals surface area contributed by atoms with Gasteiger partial charge in [-0.05, 0) is 26.8 Å². The van der Waals surface area contributed by atoms with E-state index in [4.69, 9.17) is 21.1 Å². The Hall–Kier alpha value is -1.82. The highest BCUT2D eigenvalue weighted by Gasteiger charge is 2.48. The van der Waals surface area contributed by atoms with Gasteiger partial charge < -0.3 is 14.4 Å². The summed E-state index contributed by atoms with van der Waals surface area (Å²) >= 11 is 5.96. The number of hydrogen-bond acceptors (Lipinski definition) is 5. The largest absolute Gasteiger partial charge is 0.450 e. The topological polar surface area (TPSA) is 68.7 Å². The first-order valence-corrected chi connectivity index (χ1v) is 7.95. The van der Waals surface area contributed by atoms with Crippen LogP contribution in [0.2, 0.25) is 5.15 Å². The summed E-state index contributed by atoms with van der Waals surface area (Å²) in [5.41, 5.74) is -0.0125. The van der Waals surface area contributed by atoms with Crippen LogP contribution in [-0.2, 0) is 15.1 Å². The molecule has 1 aromatic rings. The Labute approximate surface area is 139 Å². The number of esters is 1. The normalized spacial score (nSPS) is 19.5. The number of aromatic nitrogens is 1. The van der Waals surface area contributed by atoms with Gasteiger partial charge in [-0.1, -0.05) is 11.6 Å². The minimum Gasteiger partial charge on any atom is -0.450 e. The van der Waals surface area contributed by atoms with Gasteiger partial charge in [0.25, 0.3) is 0 Å². The van der Waals surface area contributed by atoms with Crippen molar-refractivity contribution >= 4 is 23.7 Å². The highest BCUT2D eigenvalue weighted by molar-refractivity contribution is 6.29. The van der Waals surface area contributed by atoms with Crippen molar-refractivity contribution in [3.63, 3.8) is 0 Å². The molecule has 1 saturated heterocycles. The molecule has 0 radical (unpaired) electrons. The van der Waals surface area contributed by atoms with Crippen LogP contribution in [0.3, 0.4) is 0 Å². The van der Waals surface area contributed by atoms with Crippen LogP contribution in [0.5, 0.6) is 0 Å². The van der Waals surface area contributed by atoms with Crippen molar-refractivity contribution in [3.8, 4) is 0 Å². The van der Waals surface area contributed by atoms with E-state index in [9.17, 15) is 9.59 Å². The molecule has 1 aromatic heterocycles. The van der Waals surface area contributed by atoms with E-state index in [1.807, 2.05) is 20.8 Å². The van der Waals surface area contributed by atoms with Crippen LogP contribution in [0.25, 0.3) is 0 Å². The Morgan fingerprint density at radius 3 is 2.65 bits per heavy atom. The maximum absolute atomic E-state index is 12.1. The minimum absolute atomic E-state index is 0.330. The van der Waals surface area contributed by atoms with Crippen molar-refractivity contribution in [2.24, 2.45) is 0 Å². The van der Waals surface area contributed by atoms with Gasteiger partial charge in [0.1, 0.15) is 16.4 Å². The van der Waals surface area contributed by atoms with Gasteiger partial charge in [0.15, 0.2) is 0 Å². The molecule has 3 rings (SSSR count). The molecule has 0 saturated carbocycles. The molecule has 2 aliphatic rings. The highest BCUT2D eigenvalue weighted by Crippen LogP contribution is 2.44. The molecule has 1 fully saturated rings. The minimum atomic E-state index is -0.711. The summed E-state index contributed by atoms with van der Waals surface area (Å²) < 4.78 is 11.0. The zero-order chi connectivity index (χ0) is 16.8. The lowest BCUT2D eigenvalue weighted by Crippen LogP contribution is -2.47. The first-order chi connectivity index (χ1) is 10.7. The second-order valence-electron chi connectivity index (χ2n) is 6.90. The van der Waals surface area contributed by atoms with Gasteiger partial charge in [-0.25, -0.2) is 14.6 Å². The van der Waals surface area contributed by atoms with E-state index in [1.54, 1.807) is 11.0 Å². The van der Waals surface area contributed by atoms with E-state index >= 15 is 0 Å². The third-order valence-corrected chi connectivity index (χ3v) is 4.30. The van der Waals surface area contributed by atoms with Crippen LogP contribution < -0.4 is 0 Å². The van der Waals surface area contributed by atoms with Crippen LogP contribution in [0.1, 0.15) is 49.5 Å². The van der Waals surface area contributed by atoms with E-state index in [2.05, 4.69) is 4.98 Å². The summed E-state index contributed by atoms with van der Waals surface area (Å²) in [5, 5.41) is 0.330. The van der Waals surface area contributed by atoms with E-state index in [1.165, 1.54) is 6.20 Å². The number of likely N-dealkylation sites (tertiary alicyclic amines) is 1. The SMILES string of the molecule is CC(C)(C)OC(=O)N1CCC2(CC1)OC(=O)c1cnc(Cl)cc12. The zero-order valence-electron chi connectivity index (χ0n) is 13.4. The molecule has 7 heteroatoms. The van der Waals surface area contributed by atoms with Crippen LogP contribution in [0.4, 0.5) is 4.79 Å². The maximum atomic E-state index is 12.1. The highest BCUT2D eigenvalue weighted by atomic mass is 35.5. The number of piperidine rings is 1. The summed E-state index contributed by atoms with van der Waals surface area (Å²) in [7, 11) is 0. The van der Waals surface area contributed by atoms with Crippen molar-refractivity contribution in [2.45, 2.75) is 44.8 Å². The van der Waals surface area contributed by atoms with Gasteiger partial charge in [0, 0.05) is 37.7 Å². The Balaban J connectivity index is 1.76. The molecule has 2 aliphatic heterocycles. The Morgan fingerprint density at radius 1 is 1.39 bits per heavy atom. The summed E-state index contributed by atoms with van der Waals surface area (Å²) in [6.07, 6.45) is 2.15. The lowest BCUT2D eigenvalue weighted by Gasteiger charge is -2.38. The van der Waals surface area contributed by atoms with Gasteiger partial charge in [0.05, 0.1) is 5.56 Å². The summed E-state index contributed by atoms with van der Waals surface area (Å²) in [4.78, 5) is 29.8. The zero-order valence-corrected chi connectivity index (χ0v) is 14.1. The molecule has 6 nitrogen and oxygen atoms in total. The fraction of sp³-hybridized carbons (Fsp3) is 0.562. The summed E-state index contributed by atoms with van der Waals surface area (Å²) in [6, 6.07) is 1.69. The molecule has 0 bridgehead atoms. The smallest absolute Gasteiger partial charge is 0.410 e. The number of carbonyl (C=O) groups excluding carboxylic acids is 2. The van der Waals surface area contributed by atoms with Crippen molar-refractivity contribution in [1.82, 2.24) is 9.88 Å². The lowest BCUT2D eigenvalue weighted by molar-refractivity contribution is -0.0470. The molecular formula is C16H19ClN2O4. The fourth-order valence-corrected chi connectivity index (χ4v) is 3.16. The van der Waals surface area contributed by atoms with Gasteiger partial charge >= 0.3 is 12.1 Å². The van der Waals surface area contributed by atoms with Crippen LogP contribution in [0, 0.1) is 0 Å². The molecule has 0 aromatic carbocycles. The van der Waals surface area contributed by atoms with Crippen LogP contribution in [-0.4, -0.2) is 40.6 Å². The summed E-state index contributed by atoms with van der Waals surface area (Å²) in [5.74, 6) is -0.380. The molecule has 0 N–H and O–H groups in total. The number of rotatable bonds is 0. The molecule has 124 valence electrons. The Bertz CT molecular complexity index is 661. The molecule has 0 aliphatic carbocycles. The average molecular weight is 339 g/mol.